The Hall–Kier alpha value is -4.16. The molecule has 0 atom stereocenters. The lowest BCUT2D eigenvalue weighted by atomic mass is 10.1. The lowest BCUT2D eigenvalue weighted by Crippen LogP contribution is -2.27. The zero-order chi connectivity index (χ0) is 28.2. The number of amides is 1. The molecular weight excluding hydrogens is 544 g/mol. The second-order valence-electron chi connectivity index (χ2n) is 9.07. The molecule has 40 heavy (non-hydrogen) atoms. The quantitative estimate of drug-likeness (QED) is 0.242. The van der Waals surface area contributed by atoms with Gasteiger partial charge < -0.3 is 20.5 Å². The summed E-state index contributed by atoms with van der Waals surface area (Å²) in [4.78, 5) is 25.3. The maximum absolute atomic E-state index is 14.8. The lowest BCUT2D eigenvalue weighted by Gasteiger charge is -2.11. The molecule has 0 saturated heterocycles. The fourth-order valence-electron chi connectivity index (χ4n) is 4.22. The van der Waals surface area contributed by atoms with Crippen molar-refractivity contribution in [1.29, 1.82) is 0 Å². The number of aromatic nitrogens is 5. The number of rotatable bonds is 11. The summed E-state index contributed by atoms with van der Waals surface area (Å²) in [7, 11) is 0. The number of nitrogens with zero attached hydrogens (tertiary/aromatic N) is 5. The molecule has 13 heteroatoms. The number of aliphatic hydroxyl groups excluding tert-OH is 1. The van der Waals surface area contributed by atoms with Crippen LogP contribution in [0.2, 0.25) is 5.02 Å². The topological polar surface area (TPSA) is 127 Å². The molecule has 1 saturated carbocycles. The van der Waals surface area contributed by atoms with Crippen LogP contribution in [0, 0.1) is 11.6 Å². The zero-order valence-corrected chi connectivity index (χ0v) is 22.3. The van der Waals surface area contributed by atoms with E-state index in [1.54, 1.807) is 19.1 Å². The minimum absolute atomic E-state index is 0.0970. The Morgan fingerprint density at radius 2 is 2.00 bits per heavy atom. The summed E-state index contributed by atoms with van der Waals surface area (Å²) in [6.45, 7) is 1.75. The number of ether oxygens (including phenoxy) is 1. The molecule has 3 N–H and O–H groups in total. The van der Waals surface area contributed by atoms with Crippen LogP contribution in [0.25, 0.3) is 11.5 Å². The molecule has 1 aliphatic rings. The molecule has 5 rings (SSSR count). The highest BCUT2D eigenvalue weighted by atomic mass is 35.5. The second-order valence-corrected chi connectivity index (χ2v) is 9.45. The Morgan fingerprint density at radius 3 is 2.70 bits per heavy atom. The molecule has 4 aromatic rings. The van der Waals surface area contributed by atoms with Crippen LogP contribution in [0.1, 0.15) is 47.3 Å². The van der Waals surface area contributed by atoms with E-state index >= 15 is 0 Å². The van der Waals surface area contributed by atoms with E-state index in [4.69, 9.17) is 21.4 Å². The van der Waals surface area contributed by atoms with Crippen molar-refractivity contribution in [2.75, 3.05) is 25.1 Å². The molecule has 1 aromatic carbocycles. The number of carbonyl (C=O) groups is 1. The number of hydrogen-bond donors (Lipinski definition) is 3. The second kappa shape index (κ2) is 11.9. The predicted octanol–water partition coefficient (Wildman–Crippen LogP) is 4.46. The van der Waals surface area contributed by atoms with Crippen molar-refractivity contribution in [3.63, 3.8) is 0 Å². The molecule has 1 aliphatic carbocycles. The third-order valence-electron chi connectivity index (χ3n) is 6.22. The molecule has 0 unspecified atom stereocenters. The molecule has 10 nitrogen and oxygen atoms in total. The summed E-state index contributed by atoms with van der Waals surface area (Å²) >= 11 is 6.77. The van der Waals surface area contributed by atoms with Gasteiger partial charge in [-0.3, -0.25) is 14.5 Å². The van der Waals surface area contributed by atoms with Crippen molar-refractivity contribution in [3.05, 3.63) is 76.3 Å². The fourth-order valence-corrected chi connectivity index (χ4v) is 4.60. The minimum Gasteiger partial charge on any atom is -0.494 e. The van der Waals surface area contributed by atoms with Gasteiger partial charge in [-0.25, -0.2) is 18.7 Å². The van der Waals surface area contributed by atoms with Gasteiger partial charge in [0.15, 0.2) is 5.82 Å². The third-order valence-corrected chi connectivity index (χ3v) is 6.59. The Balaban J connectivity index is 1.45. The summed E-state index contributed by atoms with van der Waals surface area (Å²) in [6.07, 6.45) is 6.19. The first-order valence-electron chi connectivity index (χ1n) is 12.7. The summed E-state index contributed by atoms with van der Waals surface area (Å²) < 4.78 is 36.4. The number of carbonyl (C=O) groups excluding carboxylic acids is 1. The number of anilines is 2. The fraction of sp³-hybridized carbons (Fsp3) is 0.296. The van der Waals surface area contributed by atoms with Crippen molar-refractivity contribution < 1.29 is 23.4 Å². The van der Waals surface area contributed by atoms with E-state index in [2.05, 4.69) is 30.7 Å². The molecule has 1 amide bonds. The van der Waals surface area contributed by atoms with Crippen molar-refractivity contribution in [2.24, 2.45) is 0 Å². The number of halogens is 3. The number of pyridine rings is 1. The summed E-state index contributed by atoms with van der Waals surface area (Å²) in [5.41, 5.74) is 1.48. The number of benzene rings is 1. The normalized spacial score (nSPS) is 12.8. The molecule has 0 spiro atoms. The van der Waals surface area contributed by atoms with E-state index in [-0.39, 0.29) is 60.6 Å². The SMILES string of the molecule is CCOc1cc(F)c(Cn2nc(-c3nccc(Nc4ccncc4C(=O)NCCO)n3)c(Cl)c2C2CC2)c(F)c1. The smallest absolute Gasteiger partial charge is 0.255 e. The standard InChI is InChI=1S/C27H26ClF2N7O3/c1-2-40-16-11-19(29)18(20(30)12-16)14-37-25(15-3-4-15)23(28)24(36-37)26-32-8-6-22(35-26)34-21-5-7-31-13-17(21)27(39)33-9-10-38/h5-8,11-13,15,38H,2-4,9-10,14H2,1H3,(H,33,39)(H,31,32,34,35). The Labute approximate surface area is 233 Å². The highest BCUT2D eigenvalue weighted by Gasteiger charge is 2.33. The van der Waals surface area contributed by atoms with Crippen LogP contribution in [0.4, 0.5) is 20.3 Å². The van der Waals surface area contributed by atoms with Gasteiger partial charge >= 0.3 is 0 Å². The monoisotopic (exact) mass is 569 g/mol. The Kier molecular flexibility index (Phi) is 8.17. The highest BCUT2D eigenvalue weighted by molar-refractivity contribution is 6.33. The molecular formula is C27H26ClF2N7O3. The van der Waals surface area contributed by atoms with Gasteiger partial charge in [-0.05, 0) is 31.9 Å². The first-order valence-corrected chi connectivity index (χ1v) is 13.1. The molecule has 0 aliphatic heterocycles. The van der Waals surface area contributed by atoms with Crippen molar-refractivity contribution in [1.82, 2.24) is 30.0 Å². The molecule has 3 aromatic heterocycles. The van der Waals surface area contributed by atoms with E-state index in [0.717, 1.165) is 25.0 Å². The van der Waals surface area contributed by atoms with Crippen LogP contribution in [-0.2, 0) is 6.54 Å². The summed E-state index contributed by atoms with van der Waals surface area (Å²) in [5, 5.41) is 19.6. The largest absolute Gasteiger partial charge is 0.494 e. The summed E-state index contributed by atoms with van der Waals surface area (Å²) in [5.74, 6) is -1.11. The van der Waals surface area contributed by atoms with E-state index < -0.39 is 17.5 Å². The molecule has 0 radical (unpaired) electrons. The zero-order valence-electron chi connectivity index (χ0n) is 21.5. The van der Waals surface area contributed by atoms with Crippen LogP contribution < -0.4 is 15.4 Å². The van der Waals surface area contributed by atoms with Gasteiger partial charge in [0.05, 0.1) is 41.7 Å². The van der Waals surface area contributed by atoms with Gasteiger partial charge in [0.2, 0.25) is 0 Å². The van der Waals surface area contributed by atoms with Crippen molar-refractivity contribution in [2.45, 2.75) is 32.2 Å². The van der Waals surface area contributed by atoms with Crippen LogP contribution in [0.15, 0.2) is 42.9 Å². The van der Waals surface area contributed by atoms with E-state index in [1.807, 2.05) is 0 Å². The Bertz CT molecular complexity index is 1520. The number of nitrogens with one attached hydrogen (secondary N) is 2. The van der Waals surface area contributed by atoms with Gasteiger partial charge in [0.25, 0.3) is 5.91 Å². The van der Waals surface area contributed by atoms with Gasteiger partial charge in [0.1, 0.15) is 28.9 Å². The lowest BCUT2D eigenvalue weighted by molar-refractivity contribution is 0.0945. The Morgan fingerprint density at radius 1 is 1.23 bits per heavy atom. The van der Waals surface area contributed by atoms with Crippen LogP contribution in [0.3, 0.4) is 0 Å². The first kappa shape index (κ1) is 27.4. The van der Waals surface area contributed by atoms with Crippen LogP contribution >= 0.6 is 11.6 Å². The minimum atomic E-state index is -0.739. The first-order chi connectivity index (χ1) is 19.4. The average molecular weight is 570 g/mol. The van der Waals surface area contributed by atoms with Crippen molar-refractivity contribution >= 4 is 29.0 Å². The van der Waals surface area contributed by atoms with Gasteiger partial charge in [-0.2, -0.15) is 5.10 Å². The van der Waals surface area contributed by atoms with Crippen molar-refractivity contribution in [3.8, 4) is 17.3 Å². The van der Waals surface area contributed by atoms with Gasteiger partial charge in [0, 0.05) is 48.7 Å². The average Bonchev–Trinajstić information content (AvgIpc) is 3.72. The molecule has 208 valence electrons. The van der Waals surface area contributed by atoms with Gasteiger partial charge in [-0.1, -0.05) is 11.6 Å². The maximum atomic E-state index is 14.8. The van der Waals surface area contributed by atoms with E-state index in [0.29, 0.717) is 22.2 Å². The summed E-state index contributed by atoms with van der Waals surface area (Å²) in [6, 6.07) is 5.53. The van der Waals surface area contributed by atoms with Crippen LogP contribution in [0.5, 0.6) is 5.75 Å². The molecule has 1 fully saturated rings. The van der Waals surface area contributed by atoms with Gasteiger partial charge in [-0.15, -0.1) is 0 Å². The molecule has 0 bridgehead atoms. The van der Waals surface area contributed by atoms with Crippen LogP contribution in [-0.4, -0.2) is 55.5 Å². The van der Waals surface area contributed by atoms with E-state index in [1.165, 1.54) is 23.3 Å². The van der Waals surface area contributed by atoms with E-state index in [9.17, 15) is 13.6 Å². The highest BCUT2D eigenvalue weighted by Crippen LogP contribution is 2.46. The third kappa shape index (κ3) is 5.87. The molecule has 3 heterocycles. The maximum Gasteiger partial charge on any atom is 0.255 e. The predicted molar refractivity (Wildman–Crippen MR) is 144 cm³/mol. The number of aliphatic hydroxyl groups is 1. The number of hydrogen-bond acceptors (Lipinski definition) is 8.